The summed E-state index contributed by atoms with van der Waals surface area (Å²) in [5.74, 6) is 0. The summed E-state index contributed by atoms with van der Waals surface area (Å²) in [6.07, 6.45) is 12.0. The minimum Gasteiger partial charge on any atom is -0.0919 e. The molecule has 0 fully saturated rings. The molecule has 0 unspecified atom stereocenters. The highest BCUT2D eigenvalue weighted by molar-refractivity contribution is 4.69. The molecular formula is C12H24. The molecule has 0 aromatic carbocycles. The van der Waals surface area contributed by atoms with Gasteiger partial charge in [0.2, 0.25) is 0 Å². The summed E-state index contributed by atoms with van der Waals surface area (Å²) in [7, 11) is 0. The van der Waals surface area contributed by atoms with E-state index in [0.717, 1.165) is 0 Å². The molecule has 0 rings (SSSR count). The van der Waals surface area contributed by atoms with Crippen LogP contribution in [0.2, 0.25) is 0 Å². The summed E-state index contributed by atoms with van der Waals surface area (Å²) in [5.41, 5.74) is 0. The standard InChI is InChI=1S/3C4H8/c3*1-3-4-2/h3*3-4H,1-2H3. The van der Waals surface area contributed by atoms with Crippen LogP contribution in [-0.2, 0) is 0 Å². The molecule has 0 spiro atoms. The molecule has 0 atom stereocenters. The third-order valence-electron chi connectivity index (χ3n) is 1.00. The van der Waals surface area contributed by atoms with E-state index in [2.05, 4.69) is 0 Å². The van der Waals surface area contributed by atoms with Crippen LogP contribution in [-0.4, -0.2) is 0 Å². The molecule has 12 heavy (non-hydrogen) atoms. The number of rotatable bonds is 0. The van der Waals surface area contributed by atoms with Gasteiger partial charge in [-0.3, -0.25) is 0 Å². The van der Waals surface area contributed by atoms with Crippen LogP contribution in [0.5, 0.6) is 0 Å². The SMILES string of the molecule is CC=CC.CC=CC.CC=CC. The number of allylic oxidation sites excluding steroid dienone is 6. The molecule has 0 saturated carbocycles. The van der Waals surface area contributed by atoms with E-state index in [1.807, 2.05) is 78.0 Å². The maximum atomic E-state index is 2.00. The monoisotopic (exact) mass is 168 g/mol. The van der Waals surface area contributed by atoms with Crippen molar-refractivity contribution in [3.8, 4) is 0 Å². The molecule has 0 aliphatic rings. The Kier molecular flexibility index (Phi) is 46.1. The van der Waals surface area contributed by atoms with E-state index in [9.17, 15) is 0 Å². The zero-order valence-corrected chi connectivity index (χ0v) is 9.46. The first kappa shape index (κ1) is 17.3. The molecule has 0 saturated heterocycles. The minimum absolute atomic E-state index is 2.00. The predicted octanol–water partition coefficient (Wildman–Crippen LogP) is 4.75. The fourth-order valence-electron chi connectivity index (χ4n) is 0. The van der Waals surface area contributed by atoms with Gasteiger partial charge in [0.1, 0.15) is 0 Å². The maximum Gasteiger partial charge on any atom is -0.0470 e. The molecule has 0 nitrogen and oxygen atoms in total. The predicted molar refractivity (Wildman–Crippen MR) is 61.5 cm³/mol. The van der Waals surface area contributed by atoms with E-state index in [1.54, 1.807) is 0 Å². The van der Waals surface area contributed by atoms with Crippen LogP contribution in [0.25, 0.3) is 0 Å². The molecule has 0 heteroatoms. The molecule has 0 heterocycles. The zero-order chi connectivity index (χ0) is 10.2. The average molecular weight is 168 g/mol. The third-order valence-corrected chi connectivity index (χ3v) is 1.00. The molecule has 0 aliphatic heterocycles. The Morgan fingerprint density at radius 2 is 0.417 bits per heavy atom. The Hall–Kier alpha value is -0.780. The Bertz CT molecular complexity index is 69.4. The molecule has 0 aliphatic carbocycles. The van der Waals surface area contributed by atoms with Gasteiger partial charge in [0.25, 0.3) is 0 Å². The van der Waals surface area contributed by atoms with E-state index in [-0.39, 0.29) is 0 Å². The van der Waals surface area contributed by atoms with Crippen molar-refractivity contribution in [3.05, 3.63) is 36.5 Å². The van der Waals surface area contributed by atoms with Crippen molar-refractivity contribution in [1.29, 1.82) is 0 Å². The maximum absolute atomic E-state index is 2.00. The lowest BCUT2D eigenvalue weighted by Gasteiger charge is -1.49. The van der Waals surface area contributed by atoms with Gasteiger partial charge in [-0.2, -0.15) is 0 Å². The molecule has 72 valence electrons. The summed E-state index contributed by atoms with van der Waals surface area (Å²) in [5, 5.41) is 0. The van der Waals surface area contributed by atoms with Gasteiger partial charge in [0.05, 0.1) is 0 Å². The lowest BCUT2D eigenvalue weighted by molar-refractivity contribution is 1.64. The van der Waals surface area contributed by atoms with Crippen molar-refractivity contribution in [2.45, 2.75) is 41.5 Å². The van der Waals surface area contributed by atoms with E-state index in [1.165, 1.54) is 0 Å². The van der Waals surface area contributed by atoms with Crippen molar-refractivity contribution >= 4 is 0 Å². The summed E-state index contributed by atoms with van der Waals surface area (Å²) >= 11 is 0. The van der Waals surface area contributed by atoms with Crippen LogP contribution in [0, 0.1) is 0 Å². The largest absolute Gasteiger partial charge is 0.0919 e. The number of hydrogen-bond donors (Lipinski definition) is 0. The Morgan fingerprint density at radius 1 is 0.333 bits per heavy atom. The van der Waals surface area contributed by atoms with Crippen LogP contribution in [0.15, 0.2) is 36.5 Å². The van der Waals surface area contributed by atoms with Gasteiger partial charge >= 0.3 is 0 Å². The normalized spacial score (nSPS) is 9.50. The van der Waals surface area contributed by atoms with Crippen molar-refractivity contribution in [3.63, 3.8) is 0 Å². The second kappa shape index (κ2) is 31.9. The second-order valence-electron chi connectivity index (χ2n) is 2.00. The summed E-state index contributed by atoms with van der Waals surface area (Å²) in [6.45, 7) is 12.0. The fourth-order valence-corrected chi connectivity index (χ4v) is 0. The van der Waals surface area contributed by atoms with Gasteiger partial charge in [0, 0.05) is 0 Å². The van der Waals surface area contributed by atoms with Gasteiger partial charge in [0.15, 0.2) is 0 Å². The first-order valence-corrected chi connectivity index (χ1v) is 4.46. The van der Waals surface area contributed by atoms with E-state index >= 15 is 0 Å². The fraction of sp³-hybridized carbons (Fsp3) is 0.500. The quantitative estimate of drug-likeness (QED) is 0.458. The van der Waals surface area contributed by atoms with Gasteiger partial charge in [-0.05, 0) is 41.5 Å². The second-order valence-corrected chi connectivity index (χ2v) is 2.00. The summed E-state index contributed by atoms with van der Waals surface area (Å²) in [6, 6.07) is 0. The highest BCUT2D eigenvalue weighted by Crippen LogP contribution is 1.57. The zero-order valence-electron chi connectivity index (χ0n) is 9.46. The van der Waals surface area contributed by atoms with E-state index in [4.69, 9.17) is 0 Å². The number of hydrogen-bond acceptors (Lipinski definition) is 0. The Balaban J connectivity index is -0.000000101. The Labute approximate surface area is 78.7 Å². The van der Waals surface area contributed by atoms with Crippen molar-refractivity contribution < 1.29 is 0 Å². The van der Waals surface area contributed by atoms with Crippen molar-refractivity contribution in [2.24, 2.45) is 0 Å². The smallest absolute Gasteiger partial charge is 0.0470 e. The topological polar surface area (TPSA) is 0 Å². The lowest BCUT2D eigenvalue weighted by atomic mass is 10.6. The first-order valence-electron chi connectivity index (χ1n) is 4.46. The highest BCUT2D eigenvalue weighted by atomic mass is 13.4. The van der Waals surface area contributed by atoms with Crippen LogP contribution in [0.4, 0.5) is 0 Å². The van der Waals surface area contributed by atoms with Crippen LogP contribution < -0.4 is 0 Å². The highest BCUT2D eigenvalue weighted by Gasteiger charge is 1.35. The molecular weight excluding hydrogens is 144 g/mol. The average Bonchev–Trinajstić information content (AvgIpc) is 2.18. The Morgan fingerprint density at radius 3 is 0.417 bits per heavy atom. The van der Waals surface area contributed by atoms with Gasteiger partial charge in [-0.15, -0.1) is 0 Å². The molecule has 0 radical (unpaired) electrons. The van der Waals surface area contributed by atoms with Crippen LogP contribution >= 0.6 is 0 Å². The van der Waals surface area contributed by atoms with Gasteiger partial charge in [-0.25, -0.2) is 0 Å². The molecule has 0 aromatic rings. The van der Waals surface area contributed by atoms with Gasteiger partial charge in [-0.1, -0.05) is 36.5 Å². The van der Waals surface area contributed by atoms with E-state index in [0.29, 0.717) is 0 Å². The molecule has 0 amide bonds. The third kappa shape index (κ3) is 126. The first-order chi connectivity index (χ1) is 5.74. The van der Waals surface area contributed by atoms with Crippen LogP contribution in [0.1, 0.15) is 41.5 Å². The van der Waals surface area contributed by atoms with Crippen molar-refractivity contribution in [2.75, 3.05) is 0 Å². The summed E-state index contributed by atoms with van der Waals surface area (Å²) < 4.78 is 0. The molecule has 0 aromatic heterocycles. The van der Waals surface area contributed by atoms with E-state index < -0.39 is 0 Å². The molecule has 0 bridgehead atoms. The lowest BCUT2D eigenvalue weighted by Crippen LogP contribution is -1.26. The minimum atomic E-state index is 2.00. The van der Waals surface area contributed by atoms with Gasteiger partial charge < -0.3 is 0 Å². The summed E-state index contributed by atoms with van der Waals surface area (Å²) in [4.78, 5) is 0. The van der Waals surface area contributed by atoms with Crippen molar-refractivity contribution in [1.82, 2.24) is 0 Å². The molecule has 0 N–H and O–H groups in total. The van der Waals surface area contributed by atoms with Crippen LogP contribution in [0.3, 0.4) is 0 Å².